The second-order valence-corrected chi connectivity index (χ2v) is 6.79. The van der Waals surface area contributed by atoms with Crippen LogP contribution in [0.25, 0.3) is 22.0 Å². The Morgan fingerprint density at radius 3 is 2.88 bits per heavy atom. The maximum atomic E-state index is 12.2. The lowest BCUT2D eigenvalue weighted by Crippen LogP contribution is -2.27. The van der Waals surface area contributed by atoms with Gasteiger partial charge in [0.2, 0.25) is 5.91 Å². The largest absolute Gasteiger partial charge is 0.459 e. The number of nitrogens with zero attached hydrogens (tertiary/aromatic N) is 1. The molecule has 0 fully saturated rings. The first-order valence-corrected chi connectivity index (χ1v) is 9.03. The molecule has 25 heavy (non-hydrogen) atoms. The fourth-order valence-corrected chi connectivity index (χ4v) is 3.40. The molecule has 0 unspecified atom stereocenters. The van der Waals surface area contributed by atoms with Gasteiger partial charge in [0.15, 0.2) is 5.16 Å². The van der Waals surface area contributed by atoms with E-state index in [-0.39, 0.29) is 11.9 Å². The zero-order valence-corrected chi connectivity index (χ0v) is 14.5. The standard InChI is InChI=1S/C19H17N3O2S/c1-12(17-10-13-6-2-5-9-16(13)24-17)20-18(23)11-25-19-21-14-7-3-4-8-15(14)22-19/h2-10,12H,11H2,1H3,(H,20,23)(H,21,22)/t12-/m1/s1. The highest BCUT2D eigenvalue weighted by atomic mass is 32.2. The van der Waals surface area contributed by atoms with E-state index in [0.29, 0.717) is 5.75 Å². The minimum Gasteiger partial charge on any atom is -0.459 e. The highest BCUT2D eigenvalue weighted by molar-refractivity contribution is 7.99. The summed E-state index contributed by atoms with van der Waals surface area (Å²) < 4.78 is 5.79. The number of aromatic nitrogens is 2. The lowest BCUT2D eigenvalue weighted by atomic mass is 10.2. The van der Waals surface area contributed by atoms with Gasteiger partial charge in [0.05, 0.1) is 22.8 Å². The van der Waals surface area contributed by atoms with Gasteiger partial charge in [-0.2, -0.15) is 0 Å². The number of aromatic amines is 1. The number of furan rings is 1. The van der Waals surface area contributed by atoms with Crippen LogP contribution < -0.4 is 5.32 Å². The normalized spacial score (nSPS) is 12.5. The number of benzene rings is 2. The minimum atomic E-state index is -0.184. The Balaban J connectivity index is 1.37. The first-order chi connectivity index (χ1) is 12.2. The summed E-state index contributed by atoms with van der Waals surface area (Å²) in [6.07, 6.45) is 0. The van der Waals surface area contributed by atoms with Gasteiger partial charge in [-0.05, 0) is 31.2 Å². The van der Waals surface area contributed by atoms with Crippen LogP contribution >= 0.6 is 11.8 Å². The molecule has 0 aliphatic rings. The molecule has 126 valence electrons. The van der Waals surface area contributed by atoms with Crippen LogP contribution in [0.3, 0.4) is 0 Å². The van der Waals surface area contributed by atoms with Crippen LogP contribution in [-0.4, -0.2) is 21.6 Å². The van der Waals surface area contributed by atoms with Crippen molar-refractivity contribution >= 4 is 39.7 Å². The number of rotatable bonds is 5. The number of nitrogens with one attached hydrogen (secondary N) is 2. The fourth-order valence-electron chi connectivity index (χ4n) is 2.70. The third-order valence-corrected chi connectivity index (χ3v) is 4.83. The van der Waals surface area contributed by atoms with E-state index in [1.165, 1.54) is 11.8 Å². The molecule has 1 atom stereocenters. The monoisotopic (exact) mass is 351 g/mol. The van der Waals surface area contributed by atoms with Crippen molar-refractivity contribution in [1.29, 1.82) is 0 Å². The molecule has 0 saturated heterocycles. The number of thioether (sulfide) groups is 1. The summed E-state index contributed by atoms with van der Waals surface area (Å²) in [5, 5.41) is 4.75. The van der Waals surface area contributed by atoms with Crippen LogP contribution in [0.5, 0.6) is 0 Å². The number of carbonyl (C=O) groups excluding carboxylic acids is 1. The van der Waals surface area contributed by atoms with E-state index >= 15 is 0 Å². The summed E-state index contributed by atoms with van der Waals surface area (Å²) in [5.41, 5.74) is 2.71. The lowest BCUT2D eigenvalue weighted by molar-refractivity contribution is -0.119. The molecule has 2 heterocycles. The van der Waals surface area contributed by atoms with Gasteiger partial charge in [-0.1, -0.05) is 42.1 Å². The van der Waals surface area contributed by atoms with Crippen molar-refractivity contribution < 1.29 is 9.21 Å². The molecule has 5 nitrogen and oxygen atoms in total. The Bertz CT molecular complexity index is 971. The Hall–Kier alpha value is -2.73. The predicted octanol–water partition coefficient (Wildman–Crippen LogP) is 4.28. The van der Waals surface area contributed by atoms with Crippen molar-refractivity contribution in [3.63, 3.8) is 0 Å². The van der Waals surface area contributed by atoms with E-state index in [4.69, 9.17) is 4.42 Å². The van der Waals surface area contributed by atoms with Gasteiger partial charge in [-0.15, -0.1) is 0 Å². The molecule has 1 amide bonds. The minimum absolute atomic E-state index is 0.0570. The second kappa shape index (κ2) is 6.64. The number of carbonyl (C=O) groups is 1. The molecule has 0 aliphatic carbocycles. The first-order valence-electron chi connectivity index (χ1n) is 8.04. The fraction of sp³-hybridized carbons (Fsp3) is 0.158. The van der Waals surface area contributed by atoms with E-state index in [2.05, 4.69) is 15.3 Å². The van der Waals surface area contributed by atoms with Crippen LogP contribution in [0, 0.1) is 0 Å². The molecule has 4 rings (SSSR count). The first kappa shape index (κ1) is 15.8. The molecule has 0 saturated carbocycles. The highest BCUT2D eigenvalue weighted by Crippen LogP contribution is 2.24. The number of H-pyrrole nitrogens is 1. The quantitative estimate of drug-likeness (QED) is 0.527. The lowest BCUT2D eigenvalue weighted by Gasteiger charge is -2.10. The maximum absolute atomic E-state index is 12.2. The van der Waals surface area contributed by atoms with E-state index in [9.17, 15) is 4.79 Å². The molecule has 0 aliphatic heterocycles. The zero-order valence-electron chi connectivity index (χ0n) is 13.7. The number of hydrogen-bond donors (Lipinski definition) is 2. The highest BCUT2D eigenvalue weighted by Gasteiger charge is 2.15. The van der Waals surface area contributed by atoms with E-state index in [1.807, 2.05) is 61.5 Å². The van der Waals surface area contributed by atoms with Crippen molar-refractivity contribution in [2.24, 2.45) is 0 Å². The topological polar surface area (TPSA) is 70.9 Å². The third kappa shape index (κ3) is 3.39. The molecular weight excluding hydrogens is 334 g/mol. The van der Waals surface area contributed by atoms with Crippen molar-refractivity contribution in [2.45, 2.75) is 18.1 Å². The number of fused-ring (bicyclic) bond motifs is 2. The van der Waals surface area contributed by atoms with Gasteiger partial charge in [0.25, 0.3) is 0 Å². The average molecular weight is 351 g/mol. The number of amides is 1. The third-order valence-electron chi connectivity index (χ3n) is 3.96. The van der Waals surface area contributed by atoms with Gasteiger partial charge in [0.1, 0.15) is 11.3 Å². The van der Waals surface area contributed by atoms with Gasteiger partial charge in [-0.3, -0.25) is 4.79 Å². The molecule has 4 aromatic rings. The van der Waals surface area contributed by atoms with Gasteiger partial charge in [0, 0.05) is 5.39 Å². The van der Waals surface area contributed by atoms with Crippen LogP contribution in [0.4, 0.5) is 0 Å². The maximum Gasteiger partial charge on any atom is 0.231 e. The SMILES string of the molecule is C[C@@H](NC(=O)CSc1nc2ccccc2[nH]1)c1cc2ccccc2o1. The van der Waals surface area contributed by atoms with Crippen LogP contribution in [-0.2, 0) is 4.79 Å². The van der Waals surface area contributed by atoms with Gasteiger partial charge >= 0.3 is 0 Å². The number of para-hydroxylation sites is 3. The number of hydrogen-bond acceptors (Lipinski definition) is 4. The summed E-state index contributed by atoms with van der Waals surface area (Å²) in [6, 6.07) is 17.4. The molecule has 0 bridgehead atoms. The summed E-state index contributed by atoms with van der Waals surface area (Å²) in [5.74, 6) is 0.992. The average Bonchev–Trinajstić information content (AvgIpc) is 3.23. The van der Waals surface area contributed by atoms with E-state index in [1.54, 1.807) is 0 Å². The molecule has 6 heteroatoms. The van der Waals surface area contributed by atoms with E-state index in [0.717, 1.165) is 32.9 Å². The summed E-state index contributed by atoms with van der Waals surface area (Å²) in [7, 11) is 0. The molecule has 2 aromatic carbocycles. The van der Waals surface area contributed by atoms with Crippen molar-refractivity contribution in [1.82, 2.24) is 15.3 Å². The zero-order chi connectivity index (χ0) is 17.2. The van der Waals surface area contributed by atoms with Crippen LogP contribution in [0.15, 0.2) is 64.2 Å². The van der Waals surface area contributed by atoms with E-state index < -0.39 is 0 Å². The van der Waals surface area contributed by atoms with Crippen molar-refractivity contribution in [3.05, 3.63) is 60.4 Å². The second-order valence-electron chi connectivity index (χ2n) is 5.82. The summed E-state index contributed by atoms with van der Waals surface area (Å²) in [6.45, 7) is 1.92. The summed E-state index contributed by atoms with van der Waals surface area (Å²) in [4.78, 5) is 19.9. The predicted molar refractivity (Wildman–Crippen MR) is 99.6 cm³/mol. The smallest absolute Gasteiger partial charge is 0.231 e. The van der Waals surface area contributed by atoms with Gasteiger partial charge < -0.3 is 14.7 Å². The molecular formula is C19H17N3O2S. The Morgan fingerprint density at radius 2 is 2.04 bits per heavy atom. The van der Waals surface area contributed by atoms with Crippen LogP contribution in [0.1, 0.15) is 18.7 Å². The summed E-state index contributed by atoms with van der Waals surface area (Å²) >= 11 is 1.39. The Labute approximate surface area is 148 Å². The van der Waals surface area contributed by atoms with Crippen molar-refractivity contribution in [2.75, 3.05) is 5.75 Å². The Morgan fingerprint density at radius 1 is 1.24 bits per heavy atom. The number of imidazole rings is 1. The Kier molecular flexibility index (Phi) is 4.19. The molecule has 2 aromatic heterocycles. The van der Waals surface area contributed by atoms with Crippen molar-refractivity contribution in [3.8, 4) is 0 Å². The van der Waals surface area contributed by atoms with Gasteiger partial charge in [-0.25, -0.2) is 4.98 Å². The molecule has 0 radical (unpaired) electrons. The molecule has 0 spiro atoms. The molecule has 2 N–H and O–H groups in total. The van der Waals surface area contributed by atoms with Crippen LogP contribution in [0.2, 0.25) is 0 Å².